The number of aromatic nitrogens is 2. The lowest BCUT2D eigenvalue weighted by Crippen LogP contribution is -2.14. The number of hydrogen-bond acceptors (Lipinski definition) is 3. The number of nitrogens with two attached hydrogens (primary N) is 1. The summed E-state index contributed by atoms with van der Waals surface area (Å²) in [5, 5.41) is 9.75. The molecular formula is C16H22N4O. The van der Waals surface area contributed by atoms with E-state index in [1.807, 2.05) is 30.3 Å². The molecule has 2 rings (SSSR count). The van der Waals surface area contributed by atoms with Gasteiger partial charge in [-0.1, -0.05) is 19.1 Å². The monoisotopic (exact) mass is 286 g/mol. The van der Waals surface area contributed by atoms with Crippen molar-refractivity contribution in [3.63, 3.8) is 0 Å². The summed E-state index contributed by atoms with van der Waals surface area (Å²) in [5.41, 5.74) is 8.33. The van der Waals surface area contributed by atoms with E-state index in [2.05, 4.69) is 22.4 Å². The van der Waals surface area contributed by atoms with Crippen molar-refractivity contribution in [1.29, 1.82) is 0 Å². The van der Waals surface area contributed by atoms with Crippen molar-refractivity contribution < 1.29 is 4.79 Å². The smallest absolute Gasteiger partial charge is 0.224 e. The molecule has 2 aromatic rings. The van der Waals surface area contributed by atoms with Gasteiger partial charge in [-0.3, -0.25) is 9.89 Å². The fraction of sp³-hybridized carbons (Fsp3) is 0.375. The van der Waals surface area contributed by atoms with Crippen LogP contribution in [0.4, 0.5) is 5.69 Å². The molecule has 0 saturated heterocycles. The topological polar surface area (TPSA) is 83.8 Å². The van der Waals surface area contributed by atoms with Gasteiger partial charge in [0.25, 0.3) is 0 Å². The molecule has 0 aliphatic heterocycles. The van der Waals surface area contributed by atoms with Crippen LogP contribution in [0.25, 0.3) is 11.3 Å². The Labute approximate surface area is 124 Å². The van der Waals surface area contributed by atoms with Gasteiger partial charge < -0.3 is 11.1 Å². The number of benzene rings is 1. The van der Waals surface area contributed by atoms with E-state index in [-0.39, 0.29) is 5.91 Å². The lowest BCUT2D eigenvalue weighted by atomic mass is 10.0. The molecule has 0 fully saturated rings. The van der Waals surface area contributed by atoms with E-state index in [9.17, 15) is 4.79 Å². The van der Waals surface area contributed by atoms with E-state index < -0.39 is 0 Å². The first-order valence-corrected chi connectivity index (χ1v) is 7.28. The first-order chi connectivity index (χ1) is 10.2. The van der Waals surface area contributed by atoms with E-state index in [0.29, 0.717) is 18.9 Å². The van der Waals surface area contributed by atoms with Crippen molar-refractivity contribution in [2.45, 2.75) is 26.2 Å². The molecule has 0 radical (unpaired) electrons. The van der Waals surface area contributed by atoms with Crippen LogP contribution in [0.15, 0.2) is 36.5 Å². The number of amides is 1. The molecule has 0 aliphatic carbocycles. The molecule has 112 valence electrons. The maximum absolute atomic E-state index is 11.9. The van der Waals surface area contributed by atoms with Crippen LogP contribution < -0.4 is 11.1 Å². The lowest BCUT2D eigenvalue weighted by molar-refractivity contribution is -0.116. The van der Waals surface area contributed by atoms with Crippen LogP contribution in [-0.2, 0) is 4.79 Å². The van der Waals surface area contributed by atoms with Crippen molar-refractivity contribution in [1.82, 2.24) is 10.2 Å². The van der Waals surface area contributed by atoms with Crippen LogP contribution in [0.1, 0.15) is 26.2 Å². The second kappa shape index (κ2) is 7.59. The molecule has 1 aromatic heterocycles. The molecule has 1 atom stereocenters. The summed E-state index contributed by atoms with van der Waals surface area (Å²) in [5.74, 6) is 0.539. The third kappa shape index (κ3) is 4.72. The SMILES string of the molecule is CC(CCN)CCC(=O)Nc1ccc(-c2ccn[nH]2)cc1. The number of H-pyrrole nitrogens is 1. The van der Waals surface area contributed by atoms with Crippen molar-refractivity contribution in [2.24, 2.45) is 11.7 Å². The number of hydrogen-bond donors (Lipinski definition) is 3. The molecule has 5 nitrogen and oxygen atoms in total. The fourth-order valence-electron chi connectivity index (χ4n) is 2.18. The Kier molecular flexibility index (Phi) is 5.51. The zero-order valence-corrected chi connectivity index (χ0v) is 12.3. The number of carbonyl (C=O) groups is 1. The molecule has 5 heteroatoms. The zero-order chi connectivity index (χ0) is 15.1. The fourth-order valence-corrected chi connectivity index (χ4v) is 2.18. The van der Waals surface area contributed by atoms with Gasteiger partial charge in [0, 0.05) is 18.3 Å². The standard InChI is InChI=1S/C16H22N4O/c1-12(8-10-17)2-7-16(21)19-14-5-3-13(4-6-14)15-9-11-18-20-15/h3-6,9,11-12H,2,7-8,10,17H2,1H3,(H,18,20)(H,19,21). The molecule has 0 aliphatic rings. The average Bonchev–Trinajstić information content (AvgIpc) is 3.00. The third-order valence-electron chi connectivity index (χ3n) is 3.50. The Morgan fingerprint density at radius 3 is 2.67 bits per heavy atom. The molecule has 0 saturated carbocycles. The van der Waals surface area contributed by atoms with Gasteiger partial charge in [0.2, 0.25) is 5.91 Å². The molecule has 1 amide bonds. The van der Waals surface area contributed by atoms with Gasteiger partial charge in [0.15, 0.2) is 0 Å². The summed E-state index contributed by atoms with van der Waals surface area (Å²) in [6, 6.07) is 9.63. The normalized spacial score (nSPS) is 12.1. The summed E-state index contributed by atoms with van der Waals surface area (Å²) >= 11 is 0. The number of nitrogens with zero attached hydrogens (tertiary/aromatic N) is 1. The van der Waals surface area contributed by atoms with Gasteiger partial charge in [0.05, 0.1) is 5.69 Å². The second-order valence-corrected chi connectivity index (χ2v) is 5.32. The highest BCUT2D eigenvalue weighted by atomic mass is 16.1. The van der Waals surface area contributed by atoms with Crippen molar-refractivity contribution in [3.8, 4) is 11.3 Å². The summed E-state index contributed by atoms with van der Waals surface area (Å²) in [7, 11) is 0. The average molecular weight is 286 g/mol. The summed E-state index contributed by atoms with van der Waals surface area (Å²) < 4.78 is 0. The Morgan fingerprint density at radius 1 is 1.29 bits per heavy atom. The van der Waals surface area contributed by atoms with Crippen LogP contribution in [-0.4, -0.2) is 22.6 Å². The van der Waals surface area contributed by atoms with Crippen molar-refractivity contribution in [3.05, 3.63) is 36.5 Å². The summed E-state index contributed by atoms with van der Waals surface area (Å²) in [6.07, 6.45) is 4.08. The number of anilines is 1. The number of carbonyl (C=O) groups excluding carboxylic acids is 1. The highest BCUT2D eigenvalue weighted by Gasteiger charge is 2.07. The maximum atomic E-state index is 11.9. The summed E-state index contributed by atoms with van der Waals surface area (Å²) in [6.45, 7) is 2.80. The van der Waals surface area contributed by atoms with Gasteiger partial charge in [-0.25, -0.2) is 0 Å². The van der Waals surface area contributed by atoms with Crippen LogP contribution >= 0.6 is 0 Å². The highest BCUT2D eigenvalue weighted by molar-refractivity contribution is 5.90. The minimum Gasteiger partial charge on any atom is -0.330 e. The van der Waals surface area contributed by atoms with Gasteiger partial charge >= 0.3 is 0 Å². The van der Waals surface area contributed by atoms with Gasteiger partial charge in [-0.2, -0.15) is 5.10 Å². The number of aromatic amines is 1. The lowest BCUT2D eigenvalue weighted by Gasteiger charge is -2.10. The largest absolute Gasteiger partial charge is 0.330 e. The van der Waals surface area contributed by atoms with E-state index in [4.69, 9.17) is 5.73 Å². The molecule has 1 unspecified atom stereocenters. The van der Waals surface area contributed by atoms with Crippen molar-refractivity contribution in [2.75, 3.05) is 11.9 Å². The molecule has 4 N–H and O–H groups in total. The molecule has 0 bridgehead atoms. The third-order valence-corrected chi connectivity index (χ3v) is 3.50. The first-order valence-electron chi connectivity index (χ1n) is 7.28. The van der Waals surface area contributed by atoms with E-state index in [1.165, 1.54) is 0 Å². The van der Waals surface area contributed by atoms with Crippen LogP contribution in [0.3, 0.4) is 0 Å². The van der Waals surface area contributed by atoms with Gasteiger partial charge in [-0.15, -0.1) is 0 Å². The van der Waals surface area contributed by atoms with Gasteiger partial charge in [-0.05, 0) is 49.1 Å². The Balaban J connectivity index is 1.84. The van der Waals surface area contributed by atoms with E-state index >= 15 is 0 Å². The van der Waals surface area contributed by atoms with Crippen LogP contribution in [0.2, 0.25) is 0 Å². The molecule has 1 aromatic carbocycles. The minimum absolute atomic E-state index is 0.0492. The first kappa shape index (κ1) is 15.3. The maximum Gasteiger partial charge on any atom is 0.224 e. The molecule has 0 spiro atoms. The number of rotatable bonds is 7. The van der Waals surface area contributed by atoms with Crippen LogP contribution in [0, 0.1) is 5.92 Å². The Morgan fingerprint density at radius 2 is 2.05 bits per heavy atom. The zero-order valence-electron chi connectivity index (χ0n) is 12.3. The molecule has 1 heterocycles. The Hall–Kier alpha value is -2.14. The predicted molar refractivity (Wildman–Crippen MR) is 84.7 cm³/mol. The minimum atomic E-state index is 0.0492. The predicted octanol–water partition coefficient (Wildman–Crippen LogP) is 2.78. The quantitative estimate of drug-likeness (QED) is 0.731. The molecule has 21 heavy (non-hydrogen) atoms. The summed E-state index contributed by atoms with van der Waals surface area (Å²) in [4.78, 5) is 11.9. The number of nitrogens with one attached hydrogen (secondary N) is 2. The second-order valence-electron chi connectivity index (χ2n) is 5.32. The van der Waals surface area contributed by atoms with E-state index in [1.54, 1.807) is 6.20 Å². The van der Waals surface area contributed by atoms with Crippen molar-refractivity contribution >= 4 is 11.6 Å². The highest BCUT2D eigenvalue weighted by Crippen LogP contribution is 2.19. The van der Waals surface area contributed by atoms with Gasteiger partial charge in [0.1, 0.15) is 0 Å². The van der Waals surface area contributed by atoms with E-state index in [0.717, 1.165) is 29.8 Å². The molecular weight excluding hydrogens is 264 g/mol. The van der Waals surface area contributed by atoms with Crippen LogP contribution in [0.5, 0.6) is 0 Å². The Bertz CT molecular complexity index is 548.